The van der Waals surface area contributed by atoms with Crippen molar-refractivity contribution in [1.82, 2.24) is 9.97 Å². The van der Waals surface area contributed by atoms with Gasteiger partial charge in [-0.25, -0.2) is 15.8 Å². The summed E-state index contributed by atoms with van der Waals surface area (Å²) in [4.78, 5) is 20.2. The first-order valence-corrected chi connectivity index (χ1v) is 6.99. The number of hydrogen-bond donors (Lipinski definition) is 2. The summed E-state index contributed by atoms with van der Waals surface area (Å²) >= 11 is 0. The fourth-order valence-corrected chi connectivity index (χ4v) is 2.23. The average Bonchev–Trinajstić information content (AvgIpc) is 2.62. The van der Waals surface area contributed by atoms with E-state index in [4.69, 9.17) is 11.6 Å². The Morgan fingerprint density at radius 2 is 1.65 bits per heavy atom. The minimum absolute atomic E-state index is 0.368. The summed E-state index contributed by atoms with van der Waals surface area (Å²) in [5.74, 6) is 6.49. The maximum atomic E-state index is 11.6. The molecule has 114 valence electrons. The van der Waals surface area contributed by atoms with Crippen LogP contribution in [-0.2, 0) is 0 Å². The molecule has 3 rings (SSSR count). The minimum Gasteiger partial charge on any atom is -0.366 e. The van der Waals surface area contributed by atoms with Crippen LogP contribution in [0.3, 0.4) is 0 Å². The first-order valence-electron chi connectivity index (χ1n) is 6.99. The highest BCUT2D eigenvalue weighted by molar-refractivity contribution is 5.99. The van der Waals surface area contributed by atoms with E-state index in [2.05, 4.69) is 9.97 Å². The molecule has 0 saturated carbocycles. The lowest BCUT2D eigenvalue weighted by molar-refractivity contribution is 0.100. The number of aromatic nitrogens is 2. The van der Waals surface area contributed by atoms with Crippen molar-refractivity contribution < 1.29 is 4.79 Å². The van der Waals surface area contributed by atoms with Gasteiger partial charge in [0.05, 0.1) is 11.3 Å². The van der Waals surface area contributed by atoms with E-state index in [9.17, 15) is 4.79 Å². The molecule has 0 radical (unpaired) electrons. The van der Waals surface area contributed by atoms with Gasteiger partial charge in [0.1, 0.15) is 0 Å². The van der Waals surface area contributed by atoms with Gasteiger partial charge >= 0.3 is 0 Å². The van der Waals surface area contributed by atoms with Crippen LogP contribution in [0.5, 0.6) is 0 Å². The summed E-state index contributed by atoms with van der Waals surface area (Å²) in [7, 11) is 0. The molecule has 0 fully saturated rings. The van der Waals surface area contributed by atoms with Crippen molar-refractivity contribution in [3.8, 4) is 11.4 Å². The largest absolute Gasteiger partial charge is 0.366 e. The summed E-state index contributed by atoms with van der Waals surface area (Å²) in [5.41, 5.74) is 7.14. The number of nitrogens with zero attached hydrogens (tertiary/aromatic N) is 3. The van der Waals surface area contributed by atoms with Gasteiger partial charge < -0.3 is 5.73 Å². The van der Waals surface area contributed by atoms with E-state index < -0.39 is 5.91 Å². The van der Waals surface area contributed by atoms with Gasteiger partial charge in [0.2, 0.25) is 5.91 Å². The summed E-state index contributed by atoms with van der Waals surface area (Å²) in [6, 6.07) is 18.1. The van der Waals surface area contributed by atoms with Gasteiger partial charge in [-0.15, -0.1) is 0 Å². The third-order valence-electron chi connectivity index (χ3n) is 3.36. The molecular formula is C17H15N5O. The number of hydrogen-bond acceptors (Lipinski definition) is 5. The molecule has 23 heavy (non-hydrogen) atoms. The number of carbonyl (C=O) groups excluding carboxylic acids is 1. The number of para-hydroxylation sites is 1. The Morgan fingerprint density at radius 1 is 0.957 bits per heavy atom. The van der Waals surface area contributed by atoms with Gasteiger partial charge in [-0.1, -0.05) is 36.4 Å². The number of carbonyl (C=O) groups is 1. The topological polar surface area (TPSA) is 98.1 Å². The summed E-state index contributed by atoms with van der Waals surface area (Å²) in [5, 5.41) is 1.46. The molecule has 3 aromatic rings. The normalized spacial score (nSPS) is 10.3. The molecule has 2 aromatic carbocycles. The van der Waals surface area contributed by atoms with Gasteiger partial charge in [-0.3, -0.25) is 9.80 Å². The summed E-state index contributed by atoms with van der Waals surface area (Å²) in [6.45, 7) is 0. The molecule has 0 aliphatic rings. The lowest BCUT2D eigenvalue weighted by atomic mass is 10.1. The number of nitrogens with two attached hydrogens (primary N) is 2. The highest BCUT2D eigenvalue weighted by Crippen LogP contribution is 2.24. The predicted molar refractivity (Wildman–Crippen MR) is 88.8 cm³/mol. The summed E-state index contributed by atoms with van der Waals surface area (Å²) in [6.07, 6.45) is 1.60. The highest BCUT2D eigenvalue weighted by Gasteiger charge is 2.13. The fraction of sp³-hybridized carbons (Fsp3) is 0. The zero-order valence-electron chi connectivity index (χ0n) is 12.3. The Kier molecular flexibility index (Phi) is 3.99. The highest BCUT2D eigenvalue weighted by atomic mass is 16.1. The standard InChI is InChI=1S/C17H15N5O/c18-16(23)13-8-4-5-9-14(13)17-20-11-10-15(21-17)22(19)12-6-2-1-3-7-12/h1-11H,19H2,(H2,18,23). The molecule has 0 aliphatic heterocycles. The van der Waals surface area contributed by atoms with E-state index in [1.807, 2.05) is 30.3 Å². The zero-order chi connectivity index (χ0) is 16.2. The molecule has 0 spiro atoms. The fourth-order valence-electron chi connectivity index (χ4n) is 2.23. The van der Waals surface area contributed by atoms with E-state index in [1.54, 1.807) is 36.5 Å². The van der Waals surface area contributed by atoms with Crippen LogP contribution in [-0.4, -0.2) is 15.9 Å². The number of hydrazine groups is 1. The van der Waals surface area contributed by atoms with Crippen LogP contribution in [0.2, 0.25) is 0 Å². The number of benzene rings is 2. The summed E-state index contributed by atoms with van der Waals surface area (Å²) < 4.78 is 0. The third kappa shape index (κ3) is 3.02. The third-order valence-corrected chi connectivity index (χ3v) is 3.36. The van der Waals surface area contributed by atoms with Crippen LogP contribution < -0.4 is 16.6 Å². The molecule has 0 saturated heterocycles. The quantitative estimate of drug-likeness (QED) is 0.569. The first kappa shape index (κ1) is 14.7. The van der Waals surface area contributed by atoms with Crippen LogP contribution in [0, 0.1) is 0 Å². The van der Waals surface area contributed by atoms with Crippen molar-refractivity contribution in [1.29, 1.82) is 0 Å². The van der Waals surface area contributed by atoms with E-state index >= 15 is 0 Å². The Balaban J connectivity index is 2.03. The van der Waals surface area contributed by atoms with Crippen LogP contribution in [0.15, 0.2) is 66.9 Å². The number of anilines is 2. The Hall–Kier alpha value is -3.25. The van der Waals surface area contributed by atoms with Gasteiger partial charge in [0, 0.05) is 17.8 Å². The first-order chi connectivity index (χ1) is 11.2. The lowest BCUT2D eigenvalue weighted by Crippen LogP contribution is -2.26. The Labute approximate surface area is 133 Å². The van der Waals surface area contributed by atoms with Gasteiger partial charge in [0.15, 0.2) is 11.6 Å². The molecule has 0 bridgehead atoms. The maximum Gasteiger partial charge on any atom is 0.249 e. The van der Waals surface area contributed by atoms with E-state index in [-0.39, 0.29) is 0 Å². The molecule has 6 heteroatoms. The molecular weight excluding hydrogens is 290 g/mol. The van der Waals surface area contributed by atoms with Crippen molar-refractivity contribution in [2.24, 2.45) is 11.6 Å². The molecule has 1 amide bonds. The zero-order valence-corrected chi connectivity index (χ0v) is 12.3. The molecule has 0 atom stereocenters. The smallest absolute Gasteiger partial charge is 0.249 e. The van der Waals surface area contributed by atoms with Crippen LogP contribution >= 0.6 is 0 Å². The Morgan fingerprint density at radius 3 is 2.39 bits per heavy atom. The Bertz CT molecular complexity index is 835. The van der Waals surface area contributed by atoms with Gasteiger partial charge in [-0.05, 0) is 18.2 Å². The van der Waals surface area contributed by atoms with Crippen LogP contribution in [0.4, 0.5) is 11.5 Å². The van der Waals surface area contributed by atoms with Crippen molar-refractivity contribution in [2.45, 2.75) is 0 Å². The SMILES string of the molecule is NC(=O)c1ccccc1-c1nccc(N(N)c2ccccc2)n1. The average molecular weight is 305 g/mol. The number of amides is 1. The van der Waals surface area contributed by atoms with Crippen molar-refractivity contribution in [3.63, 3.8) is 0 Å². The molecule has 1 heterocycles. The lowest BCUT2D eigenvalue weighted by Gasteiger charge is -2.18. The maximum absolute atomic E-state index is 11.6. The van der Waals surface area contributed by atoms with Crippen molar-refractivity contribution in [3.05, 3.63) is 72.4 Å². The minimum atomic E-state index is -0.526. The number of rotatable bonds is 4. The molecule has 1 aromatic heterocycles. The van der Waals surface area contributed by atoms with Gasteiger partial charge in [-0.2, -0.15) is 0 Å². The second-order valence-corrected chi connectivity index (χ2v) is 4.85. The van der Waals surface area contributed by atoms with Crippen LogP contribution in [0.1, 0.15) is 10.4 Å². The number of primary amides is 1. The van der Waals surface area contributed by atoms with Crippen molar-refractivity contribution in [2.75, 3.05) is 5.01 Å². The van der Waals surface area contributed by atoms with E-state index in [0.29, 0.717) is 22.8 Å². The molecule has 0 aliphatic carbocycles. The molecule has 6 nitrogen and oxygen atoms in total. The van der Waals surface area contributed by atoms with Gasteiger partial charge in [0.25, 0.3) is 0 Å². The van der Waals surface area contributed by atoms with E-state index in [0.717, 1.165) is 5.69 Å². The molecule has 4 N–H and O–H groups in total. The second kappa shape index (κ2) is 6.25. The van der Waals surface area contributed by atoms with E-state index in [1.165, 1.54) is 5.01 Å². The van der Waals surface area contributed by atoms with Crippen molar-refractivity contribution >= 4 is 17.4 Å². The molecule has 0 unspecified atom stereocenters. The predicted octanol–water partition coefficient (Wildman–Crippen LogP) is 2.25. The van der Waals surface area contributed by atoms with Crippen LogP contribution in [0.25, 0.3) is 11.4 Å². The monoisotopic (exact) mass is 305 g/mol. The second-order valence-electron chi connectivity index (χ2n) is 4.85.